The van der Waals surface area contributed by atoms with E-state index in [0.717, 1.165) is 25.1 Å². The molecule has 1 aromatic carbocycles. The Morgan fingerprint density at radius 1 is 1.24 bits per heavy atom. The van der Waals surface area contributed by atoms with Crippen LogP contribution in [0.3, 0.4) is 0 Å². The monoisotopic (exact) mass is 290 g/mol. The lowest BCUT2D eigenvalue weighted by Crippen LogP contribution is -2.59. The van der Waals surface area contributed by atoms with Crippen molar-refractivity contribution in [2.45, 2.75) is 57.7 Å². The van der Waals surface area contributed by atoms with Gasteiger partial charge in [-0.1, -0.05) is 31.5 Å². The van der Waals surface area contributed by atoms with Crippen molar-refractivity contribution in [2.24, 2.45) is 0 Å². The first kappa shape index (κ1) is 15.0. The van der Waals surface area contributed by atoms with Crippen molar-refractivity contribution in [3.63, 3.8) is 0 Å². The summed E-state index contributed by atoms with van der Waals surface area (Å²) in [5.41, 5.74) is 0.847. The summed E-state index contributed by atoms with van der Waals surface area (Å²) in [5.74, 6) is -0.0640. The summed E-state index contributed by atoms with van der Waals surface area (Å²) in [4.78, 5) is 5.22. The topological polar surface area (TPSA) is 6.48 Å². The average Bonchev–Trinajstić information content (AvgIpc) is 2.53. The minimum atomic E-state index is -0.0640. The maximum atomic E-state index is 14.1. The van der Waals surface area contributed by atoms with Crippen LogP contribution in [0, 0.1) is 5.82 Å². The fourth-order valence-corrected chi connectivity index (χ4v) is 4.11. The number of piperazine rings is 1. The van der Waals surface area contributed by atoms with E-state index in [9.17, 15) is 4.39 Å². The van der Waals surface area contributed by atoms with Crippen molar-refractivity contribution in [1.29, 1.82) is 0 Å². The summed E-state index contributed by atoms with van der Waals surface area (Å²) in [6, 6.07) is 8.66. The average molecular weight is 290 g/mol. The lowest BCUT2D eigenvalue weighted by atomic mass is 9.93. The second kappa shape index (κ2) is 6.45. The molecule has 0 spiro atoms. The Morgan fingerprint density at radius 2 is 2.05 bits per heavy atom. The van der Waals surface area contributed by atoms with Gasteiger partial charge in [-0.15, -0.1) is 0 Å². The minimum Gasteiger partial charge on any atom is -0.298 e. The Labute approximate surface area is 127 Å². The highest BCUT2D eigenvalue weighted by atomic mass is 19.1. The Balaban J connectivity index is 1.80. The second-order valence-electron chi connectivity index (χ2n) is 6.60. The molecule has 2 saturated heterocycles. The quantitative estimate of drug-likeness (QED) is 0.834. The number of halogens is 1. The fourth-order valence-electron chi connectivity index (χ4n) is 4.11. The smallest absolute Gasteiger partial charge is 0.127 e. The number of rotatable bonds is 3. The van der Waals surface area contributed by atoms with Crippen LogP contribution >= 0.6 is 0 Å². The molecule has 21 heavy (non-hydrogen) atoms. The molecular weight excluding hydrogens is 263 g/mol. The zero-order valence-electron chi connectivity index (χ0n) is 13.3. The van der Waals surface area contributed by atoms with Crippen LogP contribution in [0.1, 0.15) is 51.1 Å². The van der Waals surface area contributed by atoms with E-state index in [1.54, 1.807) is 12.1 Å². The predicted octanol–water partition coefficient (Wildman–Crippen LogP) is 3.84. The predicted molar refractivity (Wildman–Crippen MR) is 84.8 cm³/mol. The lowest BCUT2D eigenvalue weighted by Gasteiger charge is -2.50. The molecule has 0 aliphatic carbocycles. The molecule has 1 aromatic rings. The standard InChI is InChI=1S/C18H27FN2/c1-3-15-12-20-11-7-6-8-16(20)13-21(15)14(2)17-9-4-5-10-18(17)19/h4-5,9-10,14-16H,3,6-8,11-13H2,1-2H3. The molecule has 2 heterocycles. The minimum absolute atomic E-state index is 0.0640. The number of piperidine rings is 1. The van der Waals surface area contributed by atoms with E-state index in [4.69, 9.17) is 0 Å². The van der Waals surface area contributed by atoms with Crippen LogP contribution in [0.4, 0.5) is 4.39 Å². The largest absolute Gasteiger partial charge is 0.298 e. The molecule has 0 bridgehead atoms. The van der Waals surface area contributed by atoms with Gasteiger partial charge in [-0.3, -0.25) is 9.80 Å². The fraction of sp³-hybridized carbons (Fsp3) is 0.667. The van der Waals surface area contributed by atoms with Crippen LogP contribution in [0.2, 0.25) is 0 Å². The van der Waals surface area contributed by atoms with Crippen molar-refractivity contribution >= 4 is 0 Å². The molecule has 3 heteroatoms. The SMILES string of the molecule is CCC1CN2CCCCC2CN1C(C)c1ccccc1F. The van der Waals surface area contributed by atoms with E-state index in [-0.39, 0.29) is 11.9 Å². The molecule has 2 aliphatic heterocycles. The highest BCUT2D eigenvalue weighted by Crippen LogP contribution is 2.32. The highest BCUT2D eigenvalue weighted by molar-refractivity contribution is 5.21. The van der Waals surface area contributed by atoms with E-state index < -0.39 is 0 Å². The Bertz CT molecular complexity index is 476. The molecule has 3 atom stereocenters. The van der Waals surface area contributed by atoms with E-state index in [1.807, 2.05) is 12.1 Å². The summed E-state index contributed by atoms with van der Waals surface area (Å²) in [7, 11) is 0. The number of nitrogens with zero attached hydrogens (tertiary/aromatic N) is 2. The second-order valence-corrected chi connectivity index (χ2v) is 6.60. The number of hydrogen-bond donors (Lipinski definition) is 0. The molecule has 0 saturated carbocycles. The summed E-state index contributed by atoms with van der Waals surface area (Å²) in [6.45, 7) is 7.92. The van der Waals surface area contributed by atoms with E-state index in [1.165, 1.54) is 25.8 Å². The van der Waals surface area contributed by atoms with Gasteiger partial charge in [-0.05, 0) is 38.8 Å². The van der Waals surface area contributed by atoms with E-state index in [2.05, 4.69) is 23.6 Å². The summed E-state index contributed by atoms with van der Waals surface area (Å²) in [5, 5.41) is 0. The molecule has 2 nitrogen and oxygen atoms in total. The molecule has 0 radical (unpaired) electrons. The van der Waals surface area contributed by atoms with Gasteiger partial charge >= 0.3 is 0 Å². The van der Waals surface area contributed by atoms with Crippen LogP contribution < -0.4 is 0 Å². The Hall–Kier alpha value is -0.930. The zero-order valence-corrected chi connectivity index (χ0v) is 13.3. The molecule has 2 fully saturated rings. The van der Waals surface area contributed by atoms with Crippen LogP contribution in [-0.2, 0) is 0 Å². The van der Waals surface area contributed by atoms with Crippen LogP contribution in [0.15, 0.2) is 24.3 Å². The van der Waals surface area contributed by atoms with Crippen LogP contribution in [0.25, 0.3) is 0 Å². The molecule has 0 amide bonds. The molecule has 2 aliphatic rings. The number of fused-ring (bicyclic) bond motifs is 1. The molecule has 3 unspecified atom stereocenters. The molecular formula is C18H27FN2. The third-order valence-corrected chi connectivity index (χ3v) is 5.41. The first-order valence-electron chi connectivity index (χ1n) is 8.45. The van der Waals surface area contributed by atoms with Gasteiger partial charge in [-0.2, -0.15) is 0 Å². The number of hydrogen-bond acceptors (Lipinski definition) is 2. The van der Waals surface area contributed by atoms with E-state index in [0.29, 0.717) is 12.1 Å². The van der Waals surface area contributed by atoms with Gasteiger partial charge in [0.25, 0.3) is 0 Å². The van der Waals surface area contributed by atoms with E-state index >= 15 is 0 Å². The maximum absolute atomic E-state index is 14.1. The third kappa shape index (κ3) is 3.00. The van der Waals surface area contributed by atoms with Gasteiger partial charge in [-0.25, -0.2) is 4.39 Å². The van der Waals surface area contributed by atoms with Crippen LogP contribution in [-0.4, -0.2) is 41.5 Å². The maximum Gasteiger partial charge on any atom is 0.127 e. The molecule has 0 aromatic heterocycles. The van der Waals surface area contributed by atoms with Crippen molar-refractivity contribution in [1.82, 2.24) is 9.80 Å². The van der Waals surface area contributed by atoms with Gasteiger partial charge in [0, 0.05) is 36.8 Å². The van der Waals surface area contributed by atoms with Gasteiger partial charge in [0.15, 0.2) is 0 Å². The van der Waals surface area contributed by atoms with Gasteiger partial charge in [0.05, 0.1) is 0 Å². The number of benzene rings is 1. The van der Waals surface area contributed by atoms with Gasteiger partial charge in [0.1, 0.15) is 5.82 Å². The normalized spacial score (nSPS) is 29.1. The van der Waals surface area contributed by atoms with Crippen LogP contribution in [0.5, 0.6) is 0 Å². The van der Waals surface area contributed by atoms with Gasteiger partial charge < -0.3 is 0 Å². The summed E-state index contributed by atoms with van der Waals surface area (Å²) >= 11 is 0. The highest BCUT2D eigenvalue weighted by Gasteiger charge is 2.36. The first-order chi connectivity index (χ1) is 10.2. The molecule has 0 N–H and O–H groups in total. The summed E-state index contributed by atoms with van der Waals surface area (Å²) in [6.07, 6.45) is 5.13. The van der Waals surface area contributed by atoms with Gasteiger partial charge in [0.2, 0.25) is 0 Å². The third-order valence-electron chi connectivity index (χ3n) is 5.41. The van der Waals surface area contributed by atoms with Crippen molar-refractivity contribution in [3.8, 4) is 0 Å². The van der Waals surface area contributed by atoms with Crippen molar-refractivity contribution < 1.29 is 4.39 Å². The molecule has 3 rings (SSSR count). The van der Waals surface area contributed by atoms with Crippen molar-refractivity contribution in [2.75, 3.05) is 19.6 Å². The van der Waals surface area contributed by atoms with Crippen molar-refractivity contribution in [3.05, 3.63) is 35.6 Å². The summed E-state index contributed by atoms with van der Waals surface area (Å²) < 4.78 is 14.1. The Kier molecular flexibility index (Phi) is 4.60. The Morgan fingerprint density at radius 3 is 2.81 bits per heavy atom. The zero-order chi connectivity index (χ0) is 14.8. The molecule has 116 valence electrons. The lowest BCUT2D eigenvalue weighted by molar-refractivity contribution is -0.0130. The first-order valence-corrected chi connectivity index (χ1v) is 8.45.